The van der Waals surface area contributed by atoms with Crippen LogP contribution in [0.1, 0.15) is 36.1 Å². The summed E-state index contributed by atoms with van der Waals surface area (Å²) in [4.78, 5) is 0. The Morgan fingerprint density at radius 3 is 1.97 bits per heavy atom. The highest BCUT2D eigenvalue weighted by atomic mass is 16.5. The number of phenols is 1. The number of hydrogen-bond acceptors (Lipinski definition) is 6. The molecule has 5 rings (SSSR count). The van der Waals surface area contributed by atoms with Gasteiger partial charge in [-0.05, 0) is 36.2 Å². The van der Waals surface area contributed by atoms with Gasteiger partial charge in [0.15, 0.2) is 0 Å². The Hall–Kier alpha value is -3.58. The minimum atomic E-state index is -0.966. The molecule has 4 aromatic carbocycles. The van der Waals surface area contributed by atoms with E-state index in [1.165, 1.54) is 0 Å². The highest BCUT2D eigenvalue weighted by Crippen LogP contribution is 2.45. The van der Waals surface area contributed by atoms with Crippen molar-refractivity contribution in [3.63, 3.8) is 0 Å². The Kier molecular flexibility index (Phi) is 7.09. The van der Waals surface area contributed by atoms with E-state index in [2.05, 4.69) is 0 Å². The molecule has 36 heavy (non-hydrogen) atoms. The molecule has 0 radical (unpaired) electrons. The largest absolute Gasteiger partial charge is 0.507 e. The lowest BCUT2D eigenvalue weighted by molar-refractivity contribution is -0.163. The predicted molar refractivity (Wildman–Crippen MR) is 137 cm³/mol. The van der Waals surface area contributed by atoms with E-state index in [1.54, 1.807) is 19.1 Å². The van der Waals surface area contributed by atoms with Crippen LogP contribution < -0.4 is 9.47 Å². The third kappa shape index (κ3) is 5.02. The molecule has 0 saturated carbocycles. The molecule has 1 aliphatic rings. The summed E-state index contributed by atoms with van der Waals surface area (Å²) in [6.07, 6.45) is -2.87. The Morgan fingerprint density at radius 1 is 0.778 bits per heavy atom. The maximum atomic E-state index is 11.5. The van der Waals surface area contributed by atoms with Crippen LogP contribution in [0.15, 0.2) is 84.9 Å². The maximum Gasteiger partial charge on any atom is 0.133 e. The van der Waals surface area contributed by atoms with Gasteiger partial charge in [-0.25, -0.2) is 0 Å². The summed E-state index contributed by atoms with van der Waals surface area (Å²) in [6, 6.07) is 27.0. The van der Waals surface area contributed by atoms with Crippen molar-refractivity contribution >= 4 is 10.8 Å². The van der Waals surface area contributed by atoms with E-state index in [0.29, 0.717) is 41.0 Å². The zero-order valence-corrected chi connectivity index (χ0v) is 20.1. The summed E-state index contributed by atoms with van der Waals surface area (Å²) < 4.78 is 18.2. The molecular formula is C30H30O6. The van der Waals surface area contributed by atoms with Gasteiger partial charge in [-0.2, -0.15) is 0 Å². The number of aromatic hydroxyl groups is 1. The van der Waals surface area contributed by atoms with Crippen molar-refractivity contribution in [2.24, 2.45) is 0 Å². The molecule has 0 aromatic heterocycles. The van der Waals surface area contributed by atoms with Gasteiger partial charge in [0.25, 0.3) is 0 Å². The first-order valence-electron chi connectivity index (χ1n) is 12.1. The fraction of sp³-hybridized carbons (Fsp3) is 0.267. The summed E-state index contributed by atoms with van der Waals surface area (Å²) >= 11 is 0. The lowest BCUT2D eigenvalue weighted by atomic mass is 9.92. The molecule has 3 N–H and O–H groups in total. The molecule has 0 unspecified atom stereocenters. The number of phenolic OH excluding ortho intramolecular Hbond substituents is 1. The third-order valence-electron chi connectivity index (χ3n) is 6.64. The second kappa shape index (κ2) is 10.6. The second-order valence-electron chi connectivity index (χ2n) is 9.16. The molecule has 0 amide bonds. The molecule has 1 aliphatic heterocycles. The van der Waals surface area contributed by atoms with Crippen LogP contribution in [0.3, 0.4) is 0 Å². The number of ether oxygens (including phenoxy) is 3. The van der Waals surface area contributed by atoms with E-state index in [-0.39, 0.29) is 12.2 Å². The van der Waals surface area contributed by atoms with Crippen LogP contribution in [-0.4, -0.2) is 33.6 Å². The Bertz CT molecular complexity index is 1300. The average molecular weight is 487 g/mol. The van der Waals surface area contributed by atoms with Crippen molar-refractivity contribution in [2.45, 2.75) is 51.0 Å². The smallest absolute Gasteiger partial charge is 0.133 e. The number of aliphatic hydroxyl groups is 2. The van der Waals surface area contributed by atoms with Gasteiger partial charge in [-0.3, -0.25) is 0 Å². The maximum absolute atomic E-state index is 11.5. The third-order valence-corrected chi connectivity index (χ3v) is 6.64. The van der Waals surface area contributed by atoms with Crippen LogP contribution in [0, 0.1) is 0 Å². The fourth-order valence-corrected chi connectivity index (χ4v) is 4.63. The Morgan fingerprint density at radius 2 is 1.36 bits per heavy atom. The summed E-state index contributed by atoms with van der Waals surface area (Å²) in [6.45, 7) is 2.43. The first kappa shape index (κ1) is 24.1. The molecule has 6 heteroatoms. The average Bonchev–Trinajstić information content (AvgIpc) is 2.90. The van der Waals surface area contributed by atoms with Crippen LogP contribution in [0.5, 0.6) is 17.2 Å². The van der Waals surface area contributed by atoms with Gasteiger partial charge in [0.1, 0.15) is 36.6 Å². The van der Waals surface area contributed by atoms with E-state index < -0.39 is 24.4 Å². The molecule has 1 fully saturated rings. The summed E-state index contributed by atoms with van der Waals surface area (Å²) in [5.41, 5.74) is 2.57. The second-order valence-corrected chi connectivity index (χ2v) is 9.16. The van der Waals surface area contributed by atoms with Gasteiger partial charge >= 0.3 is 0 Å². The van der Waals surface area contributed by atoms with E-state index in [4.69, 9.17) is 14.2 Å². The van der Waals surface area contributed by atoms with Crippen molar-refractivity contribution in [1.29, 1.82) is 0 Å². The van der Waals surface area contributed by atoms with E-state index in [1.807, 2.05) is 72.8 Å². The lowest BCUT2D eigenvalue weighted by Crippen LogP contribution is -2.43. The minimum Gasteiger partial charge on any atom is -0.507 e. The highest BCUT2D eigenvalue weighted by Gasteiger charge is 2.36. The van der Waals surface area contributed by atoms with Crippen LogP contribution in [0.4, 0.5) is 0 Å². The van der Waals surface area contributed by atoms with Crippen molar-refractivity contribution in [2.75, 3.05) is 0 Å². The Labute approximate surface area is 210 Å². The molecule has 0 bridgehead atoms. The number of fused-ring (bicyclic) bond motifs is 1. The summed E-state index contributed by atoms with van der Waals surface area (Å²) in [7, 11) is 0. The molecular weight excluding hydrogens is 456 g/mol. The lowest BCUT2D eigenvalue weighted by Gasteiger charge is -2.36. The standard InChI is InChI=1S/C30H30O6/c1-19-29(32)24(31)16-27(36-19)23-13-12-22-25(34-17-20-8-4-2-5-9-20)14-15-26(28(22)30(23)33)35-18-21-10-6-3-7-11-21/h2-15,19,24,27,29,31-33H,16-18H2,1H3/t19-,24-,27-,29-/m1/s1. The molecule has 1 heterocycles. The van der Waals surface area contributed by atoms with Gasteiger partial charge in [-0.15, -0.1) is 0 Å². The molecule has 0 spiro atoms. The number of aliphatic hydroxyl groups excluding tert-OH is 2. The Balaban J connectivity index is 1.52. The number of rotatable bonds is 7. The van der Waals surface area contributed by atoms with E-state index in [9.17, 15) is 15.3 Å². The van der Waals surface area contributed by atoms with Crippen LogP contribution >= 0.6 is 0 Å². The summed E-state index contributed by atoms with van der Waals surface area (Å²) in [5.74, 6) is 1.15. The minimum absolute atomic E-state index is 0.0153. The van der Waals surface area contributed by atoms with Crippen LogP contribution in [0.25, 0.3) is 10.8 Å². The molecule has 186 valence electrons. The van der Waals surface area contributed by atoms with Crippen molar-refractivity contribution in [3.8, 4) is 17.2 Å². The molecule has 4 atom stereocenters. The van der Waals surface area contributed by atoms with Gasteiger partial charge in [0.2, 0.25) is 0 Å². The number of benzene rings is 4. The van der Waals surface area contributed by atoms with E-state index in [0.717, 1.165) is 11.1 Å². The quantitative estimate of drug-likeness (QED) is 0.330. The first-order chi connectivity index (χ1) is 17.5. The molecule has 4 aromatic rings. The first-order valence-corrected chi connectivity index (χ1v) is 12.1. The van der Waals surface area contributed by atoms with Crippen LogP contribution in [0.2, 0.25) is 0 Å². The zero-order chi connectivity index (χ0) is 25.1. The SMILES string of the molecule is C[C@H]1O[C@@H](c2ccc3c(OCc4ccccc4)ccc(OCc4ccccc4)c3c2O)C[C@@H](O)[C@@H]1O. The van der Waals surface area contributed by atoms with Gasteiger partial charge in [-0.1, -0.05) is 66.7 Å². The normalized spacial score (nSPS) is 21.9. The zero-order valence-electron chi connectivity index (χ0n) is 20.1. The predicted octanol–water partition coefficient (Wildman–Crippen LogP) is 5.28. The molecule has 6 nitrogen and oxygen atoms in total. The summed E-state index contributed by atoms with van der Waals surface area (Å²) in [5, 5.41) is 33.1. The van der Waals surface area contributed by atoms with Crippen molar-refractivity contribution in [3.05, 3.63) is 102 Å². The van der Waals surface area contributed by atoms with Gasteiger partial charge < -0.3 is 29.5 Å². The number of hydrogen-bond donors (Lipinski definition) is 3. The molecule has 0 aliphatic carbocycles. The van der Waals surface area contributed by atoms with Crippen molar-refractivity contribution in [1.82, 2.24) is 0 Å². The van der Waals surface area contributed by atoms with Gasteiger partial charge in [0, 0.05) is 17.4 Å². The topological polar surface area (TPSA) is 88.4 Å². The van der Waals surface area contributed by atoms with Gasteiger partial charge in [0.05, 0.1) is 23.7 Å². The highest BCUT2D eigenvalue weighted by molar-refractivity contribution is 5.98. The monoisotopic (exact) mass is 486 g/mol. The van der Waals surface area contributed by atoms with Crippen molar-refractivity contribution < 1.29 is 29.5 Å². The van der Waals surface area contributed by atoms with Crippen LogP contribution in [-0.2, 0) is 18.0 Å². The molecule has 1 saturated heterocycles. The van der Waals surface area contributed by atoms with E-state index >= 15 is 0 Å². The fourth-order valence-electron chi connectivity index (χ4n) is 4.63.